The van der Waals surface area contributed by atoms with E-state index in [0.717, 1.165) is 18.4 Å². The number of piperidine rings is 1. The van der Waals surface area contributed by atoms with E-state index >= 15 is 0 Å². The van der Waals surface area contributed by atoms with Crippen LogP contribution in [0.15, 0.2) is 36.4 Å². The minimum absolute atomic E-state index is 0.0236. The highest BCUT2D eigenvalue weighted by Gasteiger charge is 2.23. The van der Waals surface area contributed by atoms with Gasteiger partial charge in [0.05, 0.1) is 0 Å². The van der Waals surface area contributed by atoms with E-state index in [0.29, 0.717) is 31.1 Å². The maximum atomic E-state index is 12.3. The first-order valence-electron chi connectivity index (χ1n) is 8.14. The average Bonchev–Trinajstić information content (AvgIpc) is 2.53. The Hall–Kier alpha value is -2.50. The monoisotopic (exact) mass is 331 g/mol. The van der Waals surface area contributed by atoms with Crippen LogP contribution in [-0.4, -0.2) is 42.6 Å². The van der Waals surface area contributed by atoms with Crippen LogP contribution in [-0.2, 0) is 4.79 Å². The minimum Gasteiger partial charge on any atom is -0.489 e. The Bertz CT molecular complexity index is 607. The molecule has 24 heavy (non-hydrogen) atoms. The molecule has 1 fully saturated rings. The highest BCUT2D eigenvalue weighted by molar-refractivity contribution is 5.89. The van der Waals surface area contributed by atoms with Gasteiger partial charge in [0.1, 0.15) is 12.4 Å². The van der Waals surface area contributed by atoms with Gasteiger partial charge in [0.15, 0.2) is 0 Å². The average molecular weight is 331 g/mol. The fourth-order valence-corrected chi connectivity index (χ4v) is 2.59. The van der Waals surface area contributed by atoms with E-state index in [4.69, 9.17) is 4.74 Å². The molecule has 0 spiro atoms. The minimum atomic E-state index is -0.131. The fraction of sp³-hybridized carbons (Fsp3) is 0.444. The molecule has 130 valence electrons. The molecule has 2 N–H and O–H groups in total. The lowest BCUT2D eigenvalue weighted by Gasteiger charge is -2.32. The maximum absolute atomic E-state index is 12.3. The second kappa shape index (κ2) is 8.38. The van der Waals surface area contributed by atoms with E-state index in [1.165, 1.54) is 6.92 Å². The molecule has 3 amide bonds. The number of likely N-dealkylation sites (tertiary alicyclic amines) is 1. The number of rotatable bonds is 5. The van der Waals surface area contributed by atoms with Gasteiger partial charge >= 0.3 is 6.03 Å². The molecule has 2 rings (SSSR count). The number of benzene rings is 1. The van der Waals surface area contributed by atoms with E-state index < -0.39 is 0 Å². The van der Waals surface area contributed by atoms with Gasteiger partial charge in [0, 0.05) is 37.8 Å². The molecule has 1 heterocycles. The Labute approximate surface area is 142 Å². The summed E-state index contributed by atoms with van der Waals surface area (Å²) in [5.74, 6) is 0.671. The van der Waals surface area contributed by atoms with E-state index in [9.17, 15) is 9.59 Å². The van der Waals surface area contributed by atoms with E-state index in [-0.39, 0.29) is 18.0 Å². The van der Waals surface area contributed by atoms with Crippen molar-refractivity contribution in [2.24, 2.45) is 0 Å². The zero-order valence-corrected chi connectivity index (χ0v) is 14.3. The molecule has 0 aliphatic carbocycles. The van der Waals surface area contributed by atoms with E-state index in [1.807, 2.05) is 25.1 Å². The summed E-state index contributed by atoms with van der Waals surface area (Å²) < 4.78 is 5.58. The van der Waals surface area contributed by atoms with Gasteiger partial charge in [-0.1, -0.05) is 12.6 Å². The lowest BCUT2D eigenvalue weighted by atomic mass is 10.1. The molecular formula is C18H25N3O3. The van der Waals surface area contributed by atoms with Gasteiger partial charge in [-0.15, -0.1) is 0 Å². The number of nitrogens with zero attached hydrogens (tertiary/aromatic N) is 1. The fourth-order valence-electron chi connectivity index (χ4n) is 2.59. The third-order valence-corrected chi connectivity index (χ3v) is 3.76. The molecule has 1 aromatic rings. The van der Waals surface area contributed by atoms with Gasteiger partial charge in [-0.2, -0.15) is 0 Å². The van der Waals surface area contributed by atoms with Crippen LogP contribution < -0.4 is 15.4 Å². The molecule has 0 radical (unpaired) electrons. The van der Waals surface area contributed by atoms with Crippen molar-refractivity contribution in [3.63, 3.8) is 0 Å². The van der Waals surface area contributed by atoms with Gasteiger partial charge < -0.3 is 20.3 Å². The quantitative estimate of drug-likeness (QED) is 0.815. The molecule has 0 bridgehead atoms. The van der Waals surface area contributed by atoms with Crippen molar-refractivity contribution in [1.29, 1.82) is 0 Å². The summed E-state index contributed by atoms with van der Waals surface area (Å²) in [5.41, 5.74) is 1.63. The number of nitrogens with one attached hydrogen (secondary N) is 2. The summed E-state index contributed by atoms with van der Waals surface area (Å²) in [6.07, 6.45) is 1.55. The van der Waals surface area contributed by atoms with Crippen molar-refractivity contribution >= 4 is 17.6 Å². The Morgan fingerprint density at radius 3 is 2.62 bits per heavy atom. The molecule has 0 saturated carbocycles. The zero-order valence-electron chi connectivity index (χ0n) is 14.3. The van der Waals surface area contributed by atoms with Crippen LogP contribution in [0, 0.1) is 0 Å². The highest BCUT2D eigenvalue weighted by Crippen LogP contribution is 2.19. The van der Waals surface area contributed by atoms with E-state index in [1.54, 1.807) is 11.0 Å². The first kappa shape index (κ1) is 17.8. The van der Waals surface area contributed by atoms with Crippen LogP contribution in [0.4, 0.5) is 10.5 Å². The van der Waals surface area contributed by atoms with Crippen LogP contribution in [0.5, 0.6) is 5.75 Å². The number of carbonyl (C=O) groups is 2. The molecule has 0 atom stereocenters. The molecule has 6 nitrogen and oxygen atoms in total. The molecule has 1 aliphatic rings. The molecule has 0 aromatic heterocycles. The summed E-state index contributed by atoms with van der Waals surface area (Å²) >= 11 is 0. The molecule has 1 aliphatic heterocycles. The van der Waals surface area contributed by atoms with Crippen molar-refractivity contribution < 1.29 is 14.3 Å². The van der Waals surface area contributed by atoms with Gasteiger partial charge in [0.25, 0.3) is 0 Å². The second-order valence-electron chi connectivity index (χ2n) is 6.17. The zero-order chi connectivity index (χ0) is 17.5. The Morgan fingerprint density at radius 1 is 1.29 bits per heavy atom. The third kappa shape index (κ3) is 5.61. The SMILES string of the molecule is C=C(C)COc1cccc(NC(=O)N2CCC(NC(C)=O)CC2)c1. The summed E-state index contributed by atoms with van der Waals surface area (Å²) in [4.78, 5) is 25.2. The number of hydrogen-bond acceptors (Lipinski definition) is 3. The lowest BCUT2D eigenvalue weighted by Crippen LogP contribution is -2.47. The number of carbonyl (C=O) groups excluding carboxylic acids is 2. The predicted octanol–water partition coefficient (Wildman–Crippen LogP) is 2.77. The molecule has 1 aromatic carbocycles. The number of ether oxygens (including phenoxy) is 1. The predicted molar refractivity (Wildman–Crippen MR) is 94.2 cm³/mol. The van der Waals surface area contributed by atoms with Crippen LogP contribution in [0.3, 0.4) is 0 Å². The topological polar surface area (TPSA) is 70.7 Å². The van der Waals surface area contributed by atoms with E-state index in [2.05, 4.69) is 17.2 Å². The second-order valence-corrected chi connectivity index (χ2v) is 6.17. The normalized spacial score (nSPS) is 14.8. The van der Waals surface area contributed by atoms with Crippen LogP contribution in [0.1, 0.15) is 26.7 Å². The van der Waals surface area contributed by atoms with Gasteiger partial charge in [-0.25, -0.2) is 4.79 Å². The smallest absolute Gasteiger partial charge is 0.321 e. The van der Waals surface area contributed by atoms with Gasteiger partial charge in [-0.05, 0) is 37.5 Å². The molecular weight excluding hydrogens is 306 g/mol. The maximum Gasteiger partial charge on any atom is 0.321 e. The van der Waals surface area contributed by atoms with Crippen molar-refractivity contribution in [3.8, 4) is 5.75 Å². The number of anilines is 1. The van der Waals surface area contributed by atoms with Crippen molar-refractivity contribution in [3.05, 3.63) is 36.4 Å². The Kier molecular flexibility index (Phi) is 6.23. The summed E-state index contributed by atoms with van der Waals surface area (Å²) in [7, 11) is 0. The summed E-state index contributed by atoms with van der Waals surface area (Å²) in [6, 6.07) is 7.34. The number of amides is 3. The van der Waals surface area contributed by atoms with Crippen molar-refractivity contribution in [2.75, 3.05) is 25.0 Å². The highest BCUT2D eigenvalue weighted by atomic mass is 16.5. The van der Waals surface area contributed by atoms with Gasteiger partial charge in [-0.3, -0.25) is 4.79 Å². The van der Waals surface area contributed by atoms with Gasteiger partial charge in [0.2, 0.25) is 5.91 Å². The molecule has 1 saturated heterocycles. The standard InChI is InChI=1S/C18H25N3O3/c1-13(2)12-24-17-6-4-5-16(11-17)20-18(23)21-9-7-15(8-10-21)19-14(3)22/h4-6,11,15H,1,7-10,12H2,2-3H3,(H,19,22)(H,20,23). The van der Waals surface area contributed by atoms with Crippen molar-refractivity contribution in [2.45, 2.75) is 32.7 Å². The number of hydrogen-bond donors (Lipinski definition) is 2. The summed E-state index contributed by atoms with van der Waals surface area (Å²) in [5, 5.41) is 5.79. The first-order valence-corrected chi connectivity index (χ1v) is 8.14. The third-order valence-electron chi connectivity index (χ3n) is 3.76. The van der Waals surface area contributed by atoms with Crippen LogP contribution in [0.2, 0.25) is 0 Å². The summed E-state index contributed by atoms with van der Waals surface area (Å²) in [6.45, 7) is 8.92. The Balaban J connectivity index is 1.85. The molecule has 0 unspecified atom stereocenters. The van der Waals surface area contributed by atoms with Crippen LogP contribution in [0.25, 0.3) is 0 Å². The van der Waals surface area contributed by atoms with Crippen LogP contribution >= 0.6 is 0 Å². The molecule has 6 heteroatoms. The first-order chi connectivity index (χ1) is 11.4. The Morgan fingerprint density at radius 2 is 2.00 bits per heavy atom. The number of urea groups is 1. The lowest BCUT2D eigenvalue weighted by molar-refractivity contribution is -0.119. The largest absolute Gasteiger partial charge is 0.489 e. The van der Waals surface area contributed by atoms with Crippen molar-refractivity contribution in [1.82, 2.24) is 10.2 Å².